The van der Waals surface area contributed by atoms with Crippen LogP contribution in [0, 0.1) is 5.92 Å². The molecule has 1 heterocycles. The van der Waals surface area contributed by atoms with E-state index in [1.54, 1.807) is 24.3 Å². The molecule has 1 aromatic rings. The van der Waals surface area contributed by atoms with Gasteiger partial charge in [-0.2, -0.15) is 0 Å². The topological polar surface area (TPSA) is 91.8 Å². The smallest absolute Gasteiger partial charge is 0.240 e. The van der Waals surface area contributed by atoms with E-state index >= 15 is 0 Å². The summed E-state index contributed by atoms with van der Waals surface area (Å²) in [6.07, 6.45) is 1.87. The van der Waals surface area contributed by atoms with E-state index in [0.717, 1.165) is 30.9 Å². The fourth-order valence-electron chi connectivity index (χ4n) is 2.74. The molecule has 2 atom stereocenters. The standard InChI is InChI=1S/C20H34N4O3S/c1-5-21-20(24-16(4)15(2)3)22-13-17-8-10-19(11-9-17)28(25,26)23-14-18-7-6-12-27-18/h8-11,15-16,18,23H,5-7,12-14H2,1-4H3,(H2,21,22,24). The van der Waals surface area contributed by atoms with Crippen LogP contribution in [0.4, 0.5) is 0 Å². The Labute approximate surface area is 169 Å². The number of ether oxygens (including phenoxy) is 1. The van der Waals surface area contributed by atoms with E-state index in [4.69, 9.17) is 4.74 Å². The molecule has 0 spiro atoms. The number of hydrogen-bond donors (Lipinski definition) is 3. The van der Waals surface area contributed by atoms with Gasteiger partial charge in [-0.3, -0.25) is 0 Å². The Balaban J connectivity index is 1.96. The SMILES string of the molecule is CCNC(=NCc1ccc(S(=O)(=O)NCC2CCCO2)cc1)NC(C)C(C)C. The van der Waals surface area contributed by atoms with Gasteiger partial charge in [-0.15, -0.1) is 0 Å². The van der Waals surface area contributed by atoms with Crippen molar-refractivity contribution in [3.8, 4) is 0 Å². The maximum Gasteiger partial charge on any atom is 0.240 e. The predicted molar refractivity (Wildman–Crippen MR) is 113 cm³/mol. The average molecular weight is 411 g/mol. The van der Waals surface area contributed by atoms with Gasteiger partial charge in [0, 0.05) is 25.7 Å². The van der Waals surface area contributed by atoms with Crippen molar-refractivity contribution in [1.29, 1.82) is 0 Å². The third-order valence-corrected chi connectivity index (χ3v) is 6.33. The number of sulfonamides is 1. The molecular weight excluding hydrogens is 376 g/mol. The van der Waals surface area contributed by atoms with Gasteiger partial charge in [0.2, 0.25) is 10.0 Å². The summed E-state index contributed by atoms with van der Waals surface area (Å²) in [6, 6.07) is 7.17. The lowest BCUT2D eigenvalue weighted by atomic mass is 10.1. The molecule has 0 aliphatic carbocycles. The zero-order valence-electron chi connectivity index (χ0n) is 17.4. The third kappa shape index (κ3) is 7.07. The monoisotopic (exact) mass is 410 g/mol. The number of guanidine groups is 1. The molecule has 1 saturated heterocycles. The van der Waals surface area contributed by atoms with Crippen molar-refractivity contribution in [2.45, 2.75) is 64.1 Å². The van der Waals surface area contributed by atoms with E-state index in [9.17, 15) is 8.42 Å². The zero-order chi connectivity index (χ0) is 20.6. The molecule has 0 bridgehead atoms. The minimum absolute atomic E-state index is 0.0198. The Morgan fingerprint density at radius 3 is 2.54 bits per heavy atom. The molecule has 1 aromatic carbocycles. The number of nitrogens with zero attached hydrogens (tertiary/aromatic N) is 1. The summed E-state index contributed by atoms with van der Waals surface area (Å²) in [5.74, 6) is 1.26. The van der Waals surface area contributed by atoms with Gasteiger partial charge in [0.25, 0.3) is 0 Å². The molecular formula is C20H34N4O3S. The number of benzene rings is 1. The maximum atomic E-state index is 12.4. The first kappa shape index (κ1) is 22.6. The Bertz CT molecular complexity index is 726. The molecule has 7 nitrogen and oxygen atoms in total. The molecule has 2 unspecified atom stereocenters. The van der Waals surface area contributed by atoms with Crippen LogP contribution in [0.5, 0.6) is 0 Å². The van der Waals surface area contributed by atoms with E-state index in [2.05, 4.69) is 41.1 Å². The Morgan fingerprint density at radius 2 is 1.96 bits per heavy atom. The lowest BCUT2D eigenvalue weighted by molar-refractivity contribution is 0.114. The Hall–Kier alpha value is -1.64. The van der Waals surface area contributed by atoms with Crippen LogP contribution in [0.25, 0.3) is 0 Å². The van der Waals surface area contributed by atoms with Gasteiger partial charge in [-0.1, -0.05) is 26.0 Å². The van der Waals surface area contributed by atoms with Crippen molar-refractivity contribution in [1.82, 2.24) is 15.4 Å². The van der Waals surface area contributed by atoms with Gasteiger partial charge in [-0.25, -0.2) is 18.1 Å². The maximum absolute atomic E-state index is 12.4. The number of aliphatic imine (C=N–C) groups is 1. The first-order chi connectivity index (χ1) is 13.3. The van der Waals surface area contributed by atoms with Gasteiger partial charge in [-0.05, 0) is 50.3 Å². The van der Waals surface area contributed by atoms with Crippen molar-refractivity contribution in [3.05, 3.63) is 29.8 Å². The molecule has 2 rings (SSSR count). The quantitative estimate of drug-likeness (QED) is 0.429. The summed E-state index contributed by atoms with van der Waals surface area (Å²) in [5, 5.41) is 6.63. The first-order valence-electron chi connectivity index (χ1n) is 10.1. The second-order valence-corrected chi connectivity index (χ2v) is 9.27. The zero-order valence-corrected chi connectivity index (χ0v) is 18.2. The number of hydrogen-bond acceptors (Lipinski definition) is 4. The van der Waals surface area contributed by atoms with Crippen LogP contribution in [-0.2, 0) is 21.3 Å². The number of rotatable bonds is 9. The second-order valence-electron chi connectivity index (χ2n) is 7.50. The fraction of sp³-hybridized carbons (Fsp3) is 0.650. The molecule has 1 aliphatic heterocycles. The van der Waals surface area contributed by atoms with Crippen molar-refractivity contribution < 1.29 is 13.2 Å². The van der Waals surface area contributed by atoms with Crippen LogP contribution in [-0.4, -0.2) is 46.2 Å². The summed E-state index contributed by atoms with van der Waals surface area (Å²) in [5.41, 5.74) is 0.951. The van der Waals surface area contributed by atoms with Crippen LogP contribution >= 0.6 is 0 Å². The molecule has 0 aromatic heterocycles. The Kier molecular flexibility index (Phi) is 8.72. The summed E-state index contributed by atoms with van der Waals surface area (Å²) >= 11 is 0. The summed E-state index contributed by atoms with van der Waals surface area (Å²) in [6.45, 7) is 10.8. The van der Waals surface area contributed by atoms with Crippen LogP contribution in [0.3, 0.4) is 0 Å². The van der Waals surface area contributed by atoms with Gasteiger partial charge in [0.15, 0.2) is 5.96 Å². The fourth-order valence-corrected chi connectivity index (χ4v) is 3.80. The normalized spacial score (nSPS) is 19.0. The minimum Gasteiger partial charge on any atom is -0.377 e. The highest BCUT2D eigenvalue weighted by atomic mass is 32.2. The molecule has 28 heavy (non-hydrogen) atoms. The minimum atomic E-state index is -3.52. The molecule has 0 radical (unpaired) electrons. The second kappa shape index (κ2) is 10.8. The van der Waals surface area contributed by atoms with Crippen LogP contribution in [0.1, 0.15) is 46.1 Å². The molecule has 8 heteroatoms. The van der Waals surface area contributed by atoms with Crippen molar-refractivity contribution in [3.63, 3.8) is 0 Å². The van der Waals surface area contributed by atoms with Gasteiger partial charge < -0.3 is 15.4 Å². The molecule has 1 fully saturated rings. The third-order valence-electron chi connectivity index (χ3n) is 4.89. The highest BCUT2D eigenvalue weighted by Crippen LogP contribution is 2.14. The van der Waals surface area contributed by atoms with Crippen molar-refractivity contribution in [2.75, 3.05) is 19.7 Å². The van der Waals surface area contributed by atoms with E-state index < -0.39 is 10.0 Å². The van der Waals surface area contributed by atoms with Crippen LogP contribution in [0.2, 0.25) is 0 Å². The van der Waals surface area contributed by atoms with Gasteiger partial charge in [0.1, 0.15) is 0 Å². The molecule has 0 amide bonds. The van der Waals surface area contributed by atoms with E-state index in [-0.39, 0.29) is 11.0 Å². The molecule has 3 N–H and O–H groups in total. The summed E-state index contributed by atoms with van der Waals surface area (Å²) < 4.78 is 32.9. The van der Waals surface area contributed by atoms with E-state index in [1.165, 1.54) is 0 Å². The Morgan fingerprint density at radius 1 is 1.25 bits per heavy atom. The van der Waals surface area contributed by atoms with Gasteiger partial charge in [0.05, 0.1) is 17.5 Å². The van der Waals surface area contributed by atoms with Crippen LogP contribution < -0.4 is 15.4 Å². The van der Waals surface area contributed by atoms with Crippen molar-refractivity contribution >= 4 is 16.0 Å². The van der Waals surface area contributed by atoms with Crippen LogP contribution in [0.15, 0.2) is 34.2 Å². The summed E-state index contributed by atoms with van der Waals surface area (Å²) in [7, 11) is -3.52. The predicted octanol–water partition coefficient (Wildman–Crippen LogP) is 2.24. The highest BCUT2D eigenvalue weighted by molar-refractivity contribution is 7.89. The largest absolute Gasteiger partial charge is 0.377 e. The average Bonchev–Trinajstić information content (AvgIpc) is 3.18. The van der Waals surface area contributed by atoms with Crippen molar-refractivity contribution in [2.24, 2.45) is 10.9 Å². The number of nitrogens with one attached hydrogen (secondary N) is 3. The highest BCUT2D eigenvalue weighted by Gasteiger charge is 2.20. The van der Waals surface area contributed by atoms with E-state index in [0.29, 0.717) is 31.7 Å². The first-order valence-corrected chi connectivity index (χ1v) is 11.5. The molecule has 1 aliphatic rings. The van der Waals surface area contributed by atoms with Gasteiger partial charge >= 0.3 is 0 Å². The summed E-state index contributed by atoms with van der Waals surface area (Å²) in [4.78, 5) is 4.86. The lowest BCUT2D eigenvalue weighted by Gasteiger charge is -2.20. The molecule has 0 saturated carbocycles. The van der Waals surface area contributed by atoms with E-state index in [1.807, 2.05) is 6.92 Å². The molecule has 158 valence electrons. The lowest BCUT2D eigenvalue weighted by Crippen LogP contribution is -2.44.